The Hall–Kier alpha value is -2.33. The molecule has 2 aliphatic heterocycles. The summed E-state index contributed by atoms with van der Waals surface area (Å²) in [5, 5.41) is 10.2. The van der Waals surface area contributed by atoms with Gasteiger partial charge in [-0.2, -0.15) is 5.26 Å². The van der Waals surface area contributed by atoms with Crippen LogP contribution in [-0.4, -0.2) is 52.9 Å². The quantitative estimate of drug-likeness (QED) is 0.655. The van der Waals surface area contributed by atoms with Gasteiger partial charge in [0.05, 0.1) is 29.5 Å². The van der Waals surface area contributed by atoms with E-state index in [1.165, 1.54) is 0 Å². The number of carbonyl (C=O) groups excluding carboxylic acids is 1. The minimum atomic E-state index is -0.530. The van der Waals surface area contributed by atoms with Crippen LogP contribution in [0, 0.1) is 17.2 Å². The van der Waals surface area contributed by atoms with E-state index in [9.17, 15) is 10.1 Å². The molecule has 4 rings (SSSR count). The highest BCUT2D eigenvalue weighted by atomic mass is 16.6. The van der Waals surface area contributed by atoms with E-state index in [0.717, 1.165) is 35.5 Å². The van der Waals surface area contributed by atoms with Crippen molar-refractivity contribution in [2.75, 3.05) is 24.5 Å². The smallest absolute Gasteiger partial charge is 0.410 e. The van der Waals surface area contributed by atoms with Gasteiger partial charge in [-0.1, -0.05) is 13.8 Å². The Balaban J connectivity index is 1.69. The number of ether oxygens (including phenoxy) is 2. The second-order valence-corrected chi connectivity index (χ2v) is 11.7. The third kappa shape index (κ3) is 4.96. The lowest BCUT2D eigenvalue weighted by molar-refractivity contribution is -0.0407. The fourth-order valence-electron chi connectivity index (χ4n) is 4.94. The number of anilines is 1. The summed E-state index contributed by atoms with van der Waals surface area (Å²) >= 11 is 0. The fourth-order valence-corrected chi connectivity index (χ4v) is 4.94. The van der Waals surface area contributed by atoms with Crippen LogP contribution in [0.2, 0.25) is 0 Å². The molecule has 1 saturated carbocycles. The van der Waals surface area contributed by atoms with Crippen molar-refractivity contribution in [1.82, 2.24) is 9.88 Å². The van der Waals surface area contributed by atoms with Gasteiger partial charge in [-0.25, -0.2) is 9.78 Å². The number of hydrogen-bond donors (Lipinski definition) is 0. The summed E-state index contributed by atoms with van der Waals surface area (Å²) in [6.45, 7) is 16.5. The number of aromatic nitrogens is 1. The zero-order valence-corrected chi connectivity index (χ0v) is 21.2. The lowest BCUT2D eigenvalue weighted by Crippen LogP contribution is -2.58. The molecule has 0 N–H and O–H groups in total. The van der Waals surface area contributed by atoms with Crippen molar-refractivity contribution in [2.45, 2.75) is 97.5 Å². The number of nitriles is 1. The Kier molecular flexibility index (Phi) is 6.11. The third-order valence-electron chi connectivity index (χ3n) is 6.83. The fraction of sp³-hybridized carbons (Fsp3) is 0.731. The van der Waals surface area contributed by atoms with Crippen molar-refractivity contribution in [2.24, 2.45) is 5.92 Å². The molecule has 7 nitrogen and oxygen atoms in total. The van der Waals surface area contributed by atoms with E-state index in [4.69, 9.17) is 14.5 Å². The number of carbonyl (C=O) groups is 1. The van der Waals surface area contributed by atoms with Crippen molar-refractivity contribution in [3.63, 3.8) is 0 Å². The third-order valence-corrected chi connectivity index (χ3v) is 6.83. The first-order valence-corrected chi connectivity index (χ1v) is 12.2. The molecule has 1 aromatic rings. The first-order chi connectivity index (χ1) is 15.4. The van der Waals surface area contributed by atoms with Gasteiger partial charge in [-0.05, 0) is 58.9 Å². The van der Waals surface area contributed by atoms with Crippen LogP contribution in [0.3, 0.4) is 0 Å². The summed E-state index contributed by atoms with van der Waals surface area (Å²) in [6.07, 6.45) is 2.74. The molecule has 0 radical (unpaired) electrons. The maximum Gasteiger partial charge on any atom is 0.410 e. The number of piperazine rings is 1. The second-order valence-electron chi connectivity index (χ2n) is 11.7. The largest absolute Gasteiger partial charge is 0.444 e. The van der Waals surface area contributed by atoms with E-state index in [-0.39, 0.29) is 23.7 Å². The Bertz CT molecular complexity index is 969. The first kappa shape index (κ1) is 23.8. The summed E-state index contributed by atoms with van der Waals surface area (Å²) in [7, 11) is 0. The van der Waals surface area contributed by atoms with Gasteiger partial charge in [-0.15, -0.1) is 0 Å². The van der Waals surface area contributed by atoms with Gasteiger partial charge >= 0.3 is 6.09 Å². The Morgan fingerprint density at radius 1 is 1.24 bits per heavy atom. The monoisotopic (exact) mass is 454 g/mol. The van der Waals surface area contributed by atoms with Crippen LogP contribution in [0.25, 0.3) is 0 Å². The summed E-state index contributed by atoms with van der Waals surface area (Å²) < 4.78 is 11.8. The molecule has 7 heteroatoms. The molecule has 1 atom stereocenters. The molecule has 0 spiro atoms. The Morgan fingerprint density at radius 3 is 2.52 bits per heavy atom. The highest BCUT2D eigenvalue weighted by molar-refractivity contribution is 5.70. The molecule has 180 valence electrons. The summed E-state index contributed by atoms with van der Waals surface area (Å²) in [4.78, 5) is 22.1. The lowest BCUT2D eigenvalue weighted by Gasteiger charge is -2.44. The molecule has 0 aromatic carbocycles. The van der Waals surface area contributed by atoms with Crippen LogP contribution in [-0.2, 0) is 22.5 Å². The molecule has 2 fully saturated rings. The molecule has 3 aliphatic rings. The van der Waals surface area contributed by atoms with E-state index in [0.29, 0.717) is 44.1 Å². The molecular weight excluding hydrogens is 416 g/mol. The number of fused-ring (bicyclic) bond motifs is 1. The molecule has 1 saturated heterocycles. The molecule has 3 heterocycles. The molecule has 0 unspecified atom stereocenters. The van der Waals surface area contributed by atoms with Gasteiger partial charge in [0.15, 0.2) is 0 Å². The molecular formula is C26H38N4O3. The normalized spacial score (nSPS) is 22.7. The SMILES string of the molecule is CC(C)[C@@H]1CN(c2nc(C3CC3)c3c(c2C#N)CC(C)(C)OC3)CCN1C(=O)OC(C)(C)C. The van der Waals surface area contributed by atoms with Gasteiger partial charge in [0.1, 0.15) is 17.5 Å². The number of pyridine rings is 1. The van der Waals surface area contributed by atoms with E-state index >= 15 is 0 Å². The molecule has 1 aliphatic carbocycles. The highest BCUT2D eigenvalue weighted by Crippen LogP contribution is 2.46. The summed E-state index contributed by atoms with van der Waals surface area (Å²) in [5.74, 6) is 1.50. The average Bonchev–Trinajstić information content (AvgIpc) is 3.55. The van der Waals surface area contributed by atoms with Crippen LogP contribution in [0.15, 0.2) is 0 Å². The van der Waals surface area contributed by atoms with E-state index in [2.05, 4.69) is 38.7 Å². The van der Waals surface area contributed by atoms with Crippen molar-refractivity contribution in [3.05, 3.63) is 22.4 Å². The molecule has 0 bridgehead atoms. The predicted octanol–water partition coefficient (Wildman–Crippen LogP) is 4.76. The van der Waals surface area contributed by atoms with Gasteiger partial charge in [0, 0.05) is 37.5 Å². The lowest BCUT2D eigenvalue weighted by atomic mass is 9.87. The molecule has 1 aromatic heterocycles. The Morgan fingerprint density at radius 2 is 1.94 bits per heavy atom. The molecule has 1 amide bonds. The zero-order valence-electron chi connectivity index (χ0n) is 21.2. The summed E-state index contributed by atoms with van der Waals surface area (Å²) in [6, 6.07) is 2.48. The zero-order chi connectivity index (χ0) is 24.1. The average molecular weight is 455 g/mol. The van der Waals surface area contributed by atoms with Crippen molar-refractivity contribution >= 4 is 11.9 Å². The minimum Gasteiger partial charge on any atom is -0.444 e. The maximum atomic E-state index is 12.9. The van der Waals surface area contributed by atoms with Gasteiger partial charge < -0.3 is 19.3 Å². The van der Waals surface area contributed by atoms with E-state index in [1.54, 1.807) is 0 Å². The van der Waals surface area contributed by atoms with E-state index in [1.807, 2.05) is 25.7 Å². The van der Waals surface area contributed by atoms with Gasteiger partial charge in [0.2, 0.25) is 0 Å². The van der Waals surface area contributed by atoms with Crippen LogP contribution in [0.5, 0.6) is 0 Å². The number of rotatable bonds is 3. The van der Waals surface area contributed by atoms with Crippen LogP contribution >= 0.6 is 0 Å². The maximum absolute atomic E-state index is 12.9. The van der Waals surface area contributed by atoms with Crippen LogP contribution in [0.4, 0.5) is 10.6 Å². The number of amides is 1. The van der Waals surface area contributed by atoms with Crippen molar-refractivity contribution in [1.29, 1.82) is 5.26 Å². The number of hydrogen-bond acceptors (Lipinski definition) is 6. The van der Waals surface area contributed by atoms with Gasteiger partial charge in [0.25, 0.3) is 0 Å². The first-order valence-electron chi connectivity index (χ1n) is 12.2. The Labute approximate surface area is 198 Å². The van der Waals surface area contributed by atoms with Crippen molar-refractivity contribution < 1.29 is 14.3 Å². The van der Waals surface area contributed by atoms with Gasteiger partial charge in [-0.3, -0.25) is 0 Å². The minimum absolute atomic E-state index is 0.0119. The van der Waals surface area contributed by atoms with E-state index < -0.39 is 5.60 Å². The predicted molar refractivity (Wildman–Crippen MR) is 127 cm³/mol. The standard InChI is InChI=1S/C26H38N4O3/c1-16(2)21-14-29(10-11-30(21)24(31)33-25(3,4)5)23-19(13-27)18-12-26(6,7)32-15-20(18)22(28-23)17-8-9-17/h16-17,21H,8-12,14-15H2,1-7H3/t21-/m0/s1. The second kappa shape index (κ2) is 8.47. The van der Waals surface area contributed by atoms with Crippen LogP contribution < -0.4 is 4.90 Å². The van der Waals surface area contributed by atoms with Crippen molar-refractivity contribution in [3.8, 4) is 6.07 Å². The highest BCUT2D eigenvalue weighted by Gasteiger charge is 2.40. The number of nitrogens with zero attached hydrogens (tertiary/aromatic N) is 4. The summed E-state index contributed by atoms with van der Waals surface area (Å²) in [5.41, 5.74) is 3.21. The van der Waals surface area contributed by atoms with Crippen LogP contribution in [0.1, 0.15) is 89.6 Å². The topological polar surface area (TPSA) is 78.7 Å². The molecule has 33 heavy (non-hydrogen) atoms.